The number of hydrogen-bond acceptors (Lipinski definition) is 6. The lowest BCUT2D eigenvalue weighted by Gasteiger charge is -2.30. The molecule has 0 spiro atoms. The van der Waals surface area contributed by atoms with Gasteiger partial charge in [0.15, 0.2) is 5.65 Å². The molecular formula is C25H38N8O. The first-order chi connectivity index (χ1) is 16.5. The molecule has 4 heterocycles. The van der Waals surface area contributed by atoms with E-state index in [0.29, 0.717) is 6.42 Å². The van der Waals surface area contributed by atoms with Crippen molar-refractivity contribution in [3.8, 4) is 0 Å². The molecule has 0 aliphatic carbocycles. The highest BCUT2D eigenvalue weighted by atomic mass is 16.1. The molecule has 9 nitrogen and oxygen atoms in total. The molecule has 9 heteroatoms. The van der Waals surface area contributed by atoms with Gasteiger partial charge in [-0.05, 0) is 45.7 Å². The van der Waals surface area contributed by atoms with Crippen molar-refractivity contribution < 1.29 is 4.79 Å². The van der Waals surface area contributed by atoms with E-state index in [1.165, 1.54) is 16.9 Å². The van der Waals surface area contributed by atoms with E-state index in [2.05, 4.69) is 43.3 Å². The number of unbranched alkanes of at least 4 members (excludes halogenated alkanes) is 2. The molecule has 184 valence electrons. The topological polar surface area (TPSA) is 92.9 Å². The number of fused-ring (bicyclic) bond motifs is 2. The molecule has 3 aromatic rings. The van der Waals surface area contributed by atoms with Gasteiger partial charge in [0, 0.05) is 69.6 Å². The number of pyridine rings is 1. The first-order valence-corrected chi connectivity index (χ1v) is 12.5. The summed E-state index contributed by atoms with van der Waals surface area (Å²) in [6, 6.07) is 2.17. The number of aryl methyl sites for hydroxylation is 4. The number of rotatable bonds is 11. The van der Waals surface area contributed by atoms with Crippen LogP contribution in [0.15, 0.2) is 12.3 Å². The summed E-state index contributed by atoms with van der Waals surface area (Å²) in [5.74, 6) is 0.134. The summed E-state index contributed by atoms with van der Waals surface area (Å²) < 4.78 is 4.06. The number of nitrogens with zero attached hydrogens (tertiary/aromatic N) is 6. The quantitative estimate of drug-likeness (QED) is 0.422. The molecule has 0 bridgehead atoms. The SMILES string of the molecule is CCNCCC(=O)NCCCCCn1nc(C)c2c1CCN(c1cc(C)nc3c1cnn3C)C2. The van der Waals surface area contributed by atoms with E-state index < -0.39 is 0 Å². The number of anilines is 1. The van der Waals surface area contributed by atoms with E-state index in [9.17, 15) is 4.79 Å². The van der Waals surface area contributed by atoms with Gasteiger partial charge in [0.2, 0.25) is 5.91 Å². The summed E-state index contributed by atoms with van der Waals surface area (Å²) in [5, 5.41) is 16.6. The highest BCUT2D eigenvalue weighted by Crippen LogP contribution is 2.32. The second-order valence-corrected chi connectivity index (χ2v) is 9.21. The summed E-state index contributed by atoms with van der Waals surface area (Å²) in [4.78, 5) is 18.9. The van der Waals surface area contributed by atoms with Gasteiger partial charge in [-0.25, -0.2) is 4.98 Å². The lowest BCUT2D eigenvalue weighted by molar-refractivity contribution is -0.121. The number of hydrogen-bond donors (Lipinski definition) is 2. The smallest absolute Gasteiger partial charge is 0.221 e. The Morgan fingerprint density at radius 1 is 1.18 bits per heavy atom. The Morgan fingerprint density at radius 3 is 2.85 bits per heavy atom. The van der Waals surface area contributed by atoms with Crippen LogP contribution in [0.3, 0.4) is 0 Å². The first kappa shape index (κ1) is 24.2. The summed E-state index contributed by atoms with van der Waals surface area (Å²) in [6.07, 6.45) is 6.63. The van der Waals surface area contributed by atoms with Crippen molar-refractivity contribution in [3.63, 3.8) is 0 Å². The summed E-state index contributed by atoms with van der Waals surface area (Å²) in [5.41, 5.74) is 7.01. The standard InChI is InChI=1S/C25H38N8O/c1-5-26-12-9-24(34)27-11-7-6-8-13-33-22-10-14-32(17-21(22)19(3)30-33)23-15-18(2)29-25-20(23)16-28-31(25)4/h15-16,26H,5-14,17H2,1-4H3,(H,27,34). The minimum atomic E-state index is 0.134. The van der Waals surface area contributed by atoms with E-state index in [0.717, 1.165) is 87.4 Å². The number of carbonyl (C=O) groups excluding carboxylic acids is 1. The zero-order valence-electron chi connectivity index (χ0n) is 21.0. The highest BCUT2D eigenvalue weighted by molar-refractivity contribution is 5.89. The van der Waals surface area contributed by atoms with Crippen LogP contribution < -0.4 is 15.5 Å². The van der Waals surface area contributed by atoms with Crippen LogP contribution in [0.4, 0.5) is 5.69 Å². The van der Waals surface area contributed by atoms with Crippen LogP contribution in [0.5, 0.6) is 0 Å². The van der Waals surface area contributed by atoms with Crippen molar-refractivity contribution in [2.24, 2.45) is 7.05 Å². The van der Waals surface area contributed by atoms with E-state index in [1.807, 2.05) is 31.8 Å². The van der Waals surface area contributed by atoms with Crippen LogP contribution in [-0.4, -0.2) is 56.6 Å². The third-order valence-electron chi connectivity index (χ3n) is 6.63. The Hall–Kier alpha value is -2.94. The monoisotopic (exact) mass is 466 g/mol. The van der Waals surface area contributed by atoms with Crippen molar-refractivity contribution >= 4 is 22.6 Å². The highest BCUT2D eigenvalue weighted by Gasteiger charge is 2.25. The van der Waals surface area contributed by atoms with Crippen molar-refractivity contribution in [1.29, 1.82) is 0 Å². The Labute approximate surface area is 201 Å². The second-order valence-electron chi connectivity index (χ2n) is 9.21. The largest absolute Gasteiger partial charge is 0.366 e. The fraction of sp³-hybridized carbons (Fsp3) is 0.600. The molecule has 0 fully saturated rings. The fourth-order valence-corrected chi connectivity index (χ4v) is 4.79. The lowest BCUT2D eigenvalue weighted by atomic mass is 10.0. The van der Waals surface area contributed by atoms with Gasteiger partial charge in [-0.2, -0.15) is 10.2 Å². The maximum absolute atomic E-state index is 11.8. The van der Waals surface area contributed by atoms with Crippen molar-refractivity contribution in [1.82, 2.24) is 35.2 Å². The van der Waals surface area contributed by atoms with Crippen LogP contribution >= 0.6 is 0 Å². The molecule has 0 saturated heterocycles. The molecule has 0 saturated carbocycles. The van der Waals surface area contributed by atoms with Crippen molar-refractivity contribution in [2.75, 3.05) is 31.1 Å². The van der Waals surface area contributed by atoms with Crippen molar-refractivity contribution in [3.05, 3.63) is 34.9 Å². The average molecular weight is 467 g/mol. The third-order valence-corrected chi connectivity index (χ3v) is 6.63. The molecule has 1 aliphatic rings. The normalized spacial score (nSPS) is 13.5. The second kappa shape index (κ2) is 11.0. The summed E-state index contributed by atoms with van der Waals surface area (Å²) in [6.45, 7) is 11.4. The van der Waals surface area contributed by atoms with Gasteiger partial charge < -0.3 is 15.5 Å². The van der Waals surface area contributed by atoms with Crippen molar-refractivity contribution in [2.45, 2.75) is 66.0 Å². The lowest BCUT2D eigenvalue weighted by Crippen LogP contribution is -2.31. The van der Waals surface area contributed by atoms with Crippen LogP contribution in [0.1, 0.15) is 55.3 Å². The van der Waals surface area contributed by atoms with Gasteiger partial charge in [-0.3, -0.25) is 14.2 Å². The number of nitrogens with one attached hydrogen (secondary N) is 2. The first-order valence-electron chi connectivity index (χ1n) is 12.5. The average Bonchev–Trinajstić information content (AvgIpc) is 3.35. The molecule has 4 rings (SSSR count). The summed E-state index contributed by atoms with van der Waals surface area (Å²) >= 11 is 0. The Bertz CT molecular complexity index is 1130. The minimum Gasteiger partial charge on any atom is -0.366 e. The molecule has 1 aliphatic heterocycles. The number of aromatic nitrogens is 5. The fourth-order valence-electron chi connectivity index (χ4n) is 4.79. The summed E-state index contributed by atoms with van der Waals surface area (Å²) in [7, 11) is 1.94. The molecule has 0 unspecified atom stereocenters. The Kier molecular flexibility index (Phi) is 7.82. The molecule has 0 aromatic carbocycles. The third kappa shape index (κ3) is 5.41. The Balaban J connectivity index is 1.31. The Morgan fingerprint density at radius 2 is 2.03 bits per heavy atom. The van der Waals surface area contributed by atoms with Crippen LogP contribution in [-0.2, 0) is 31.4 Å². The van der Waals surface area contributed by atoms with E-state index in [4.69, 9.17) is 5.10 Å². The molecule has 34 heavy (non-hydrogen) atoms. The molecule has 1 amide bonds. The molecule has 3 aromatic heterocycles. The molecule has 0 atom stereocenters. The van der Waals surface area contributed by atoms with Crippen LogP contribution in [0.25, 0.3) is 11.0 Å². The minimum absolute atomic E-state index is 0.134. The predicted octanol–water partition coefficient (Wildman–Crippen LogP) is 2.63. The van der Waals surface area contributed by atoms with Gasteiger partial charge in [0.1, 0.15) is 0 Å². The molecule has 0 radical (unpaired) electrons. The van der Waals surface area contributed by atoms with E-state index >= 15 is 0 Å². The van der Waals surface area contributed by atoms with Crippen LogP contribution in [0, 0.1) is 13.8 Å². The van der Waals surface area contributed by atoms with E-state index in [-0.39, 0.29) is 5.91 Å². The van der Waals surface area contributed by atoms with Gasteiger partial charge in [-0.15, -0.1) is 0 Å². The number of carbonyl (C=O) groups is 1. The predicted molar refractivity (Wildman–Crippen MR) is 135 cm³/mol. The van der Waals surface area contributed by atoms with Gasteiger partial charge >= 0.3 is 0 Å². The molecule has 2 N–H and O–H groups in total. The van der Waals surface area contributed by atoms with Gasteiger partial charge in [-0.1, -0.05) is 6.92 Å². The van der Waals surface area contributed by atoms with E-state index in [1.54, 1.807) is 0 Å². The zero-order chi connectivity index (χ0) is 24.1. The maximum Gasteiger partial charge on any atom is 0.221 e. The zero-order valence-corrected chi connectivity index (χ0v) is 21.0. The molecular weight excluding hydrogens is 428 g/mol. The van der Waals surface area contributed by atoms with Crippen LogP contribution in [0.2, 0.25) is 0 Å². The van der Waals surface area contributed by atoms with Gasteiger partial charge in [0.25, 0.3) is 0 Å². The number of amides is 1. The maximum atomic E-state index is 11.8. The van der Waals surface area contributed by atoms with Gasteiger partial charge in [0.05, 0.1) is 23.0 Å².